The van der Waals surface area contributed by atoms with Crippen molar-refractivity contribution in [1.29, 1.82) is 0 Å². The lowest BCUT2D eigenvalue weighted by Crippen LogP contribution is -2.60. The predicted octanol–water partition coefficient (Wildman–Crippen LogP) is 2.94. The van der Waals surface area contributed by atoms with Gasteiger partial charge >= 0.3 is 0 Å². The minimum atomic E-state index is -1.45. The number of nitrogens with zero attached hydrogens (tertiary/aromatic N) is 5. The van der Waals surface area contributed by atoms with Crippen LogP contribution in [0.5, 0.6) is 0 Å². The summed E-state index contributed by atoms with van der Waals surface area (Å²) in [4.78, 5) is 43.2. The number of anilines is 1. The second-order valence-corrected chi connectivity index (χ2v) is 9.24. The first kappa shape index (κ1) is 22.4. The Balaban J connectivity index is 1.50. The summed E-state index contributed by atoms with van der Waals surface area (Å²) in [6.45, 7) is 5.70. The molecule has 7 nitrogen and oxygen atoms in total. The number of carbonyl (C=O) groups is 2. The van der Waals surface area contributed by atoms with Gasteiger partial charge in [-0.25, -0.2) is 9.97 Å². The van der Waals surface area contributed by atoms with E-state index in [1.165, 1.54) is 11.1 Å². The van der Waals surface area contributed by atoms with Crippen molar-refractivity contribution in [3.63, 3.8) is 0 Å². The van der Waals surface area contributed by atoms with Crippen LogP contribution in [0.2, 0.25) is 0 Å². The van der Waals surface area contributed by atoms with Crippen LogP contribution < -0.4 is 4.90 Å². The second kappa shape index (κ2) is 8.74. The molecule has 0 atom stereocenters. The molecule has 7 heteroatoms. The summed E-state index contributed by atoms with van der Waals surface area (Å²) in [5.74, 6) is 0.0966. The lowest BCUT2D eigenvalue weighted by atomic mass is 9.86. The molecular formula is C27H29N5O2. The molecule has 2 aliphatic rings. The highest BCUT2D eigenvalue weighted by atomic mass is 16.2. The third-order valence-corrected chi connectivity index (χ3v) is 6.99. The predicted molar refractivity (Wildman–Crippen MR) is 131 cm³/mol. The molecule has 1 saturated heterocycles. The highest BCUT2D eigenvalue weighted by molar-refractivity contribution is 6.32. The van der Waals surface area contributed by atoms with Gasteiger partial charge < -0.3 is 4.90 Å². The summed E-state index contributed by atoms with van der Waals surface area (Å²) < 4.78 is 0. The van der Waals surface area contributed by atoms with Crippen LogP contribution >= 0.6 is 0 Å². The molecule has 34 heavy (non-hydrogen) atoms. The van der Waals surface area contributed by atoms with Crippen LogP contribution in [0.25, 0.3) is 0 Å². The fourth-order valence-electron chi connectivity index (χ4n) is 5.09. The molecule has 2 aromatic carbocycles. The van der Waals surface area contributed by atoms with Crippen LogP contribution in [0.15, 0.2) is 60.8 Å². The number of Topliss-reactive ketones (excluding diaryl/α,β-unsaturated/α-hetero) is 2. The van der Waals surface area contributed by atoms with Crippen molar-refractivity contribution in [1.82, 2.24) is 19.8 Å². The molecule has 0 unspecified atom stereocenters. The zero-order chi connectivity index (χ0) is 23.9. The molecule has 1 aliphatic heterocycles. The van der Waals surface area contributed by atoms with Crippen molar-refractivity contribution >= 4 is 17.5 Å². The van der Waals surface area contributed by atoms with E-state index in [4.69, 9.17) is 4.98 Å². The first-order chi connectivity index (χ1) is 16.4. The fourth-order valence-corrected chi connectivity index (χ4v) is 5.09. The number of fused-ring (bicyclic) bond motifs is 1. The SMILES string of the molecule is Cc1ccccc1CN1CCN(C2(c3ccnc(N(C)C)n3)C(=O)c3ccccc3C2=O)CC1. The van der Waals surface area contributed by atoms with Crippen molar-refractivity contribution in [2.45, 2.75) is 19.0 Å². The summed E-state index contributed by atoms with van der Waals surface area (Å²) >= 11 is 0. The quantitative estimate of drug-likeness (QED) is 0.548. The molecule has 0 spiro atoms. The maximum atomic E-state index is 14.0. The van der Waals surface area contributed by atoms with Crippen molar-refractivity contribution in [2.24, 2.45) is 0 Å². The molecule has 174 valence electrons. The molecular weight excluding hydrogens is 426 g/mol. The van der Waals surface area contributed by atoms with Crippen molar-refractivity contribution in [3.05, 3.63) is 88.7 Å². The number of benzene rings is 2. The Morgan fingerprint density at radius 3 is 2.12 bits per heavy atom. The van der Waals surface area contributed by atoms with E-state index < -0.39 is 5.54 Å². The molecule has 1 aliphatic carbocycles. The van der Waals surface area contributed by atoms with Crippen LogP contribution in [0, 0.1) is 6.92 Å². The summed E-state index contributed by atoms with van der Waals surface area (Å²) in [6, 6.07) is 17.3. The summed E-state index contributed by atoms with van der Waals surface area (Å²) in [5, 5.41) is 0. The van der Waals surface area contributed by atoms with E-state index in [-0.39, 0.29) is 11.6 Å². The normalized spacial score (nSPS) is 18.2. The van der Waals surface area contributed by atoms with E-state index >= 15 is 0 Å². The van der Waals surface area contributed by atoms with Gasteiger partial charge in [0.1, 0.15) is 0 Å². The number of aryl methyl sites for hydroxylation is 1. The number of hydrogen-bond acceptors (Lipinski definition) is 7. The van der Waals surface area contributed by atoms with Gasteiger partial charge in [0, 0.05) is 64.1 Å². The zero-order valence-corrected chi connectivity index (χ0v) is 19.9. The Hall–Kier alpha value is -3.42. The number of ketones is 2. The van der Waals surface area contributed by atoms with E-state index in [2.05, 4.69) is 41.1 Å². The zero-order valence-electron chi connectivity index (χ0n) is 19.9. The second-order valence-electron chi connectivity index (χ2n) is 9.24. The Morgan fingerprint density at radius 1 is 0.882 bits per heavy atom. The number of piperazine rings is 1. The van der Waals surface area contributed by atoms with Gasteiger partial charge in [-0.1, -0.05) is 48.5 Å². The third-order valence-electron chi connectivity index (χ3n) is 6.99. The summed E-state index contributed by atoms with van der Waals surface area (Å²) in [5.41, 5.74) is 2.52. The van der Waals surface area contributed by atoms with Gasteiger partial charge in [0.15, 0.2) is 17.1 Å². The van der Waals surface area contributed by atoms with Gasteiger partial charge in [-0.2, -0.15) is 0 Å². The lowest BCUT2D eigenvalue weighted by Gasteiger charge is -2.43. The maximum absolute atomic E-state index is 14.0. The van der Waals surface area contributed by atoms with E-state index in [9.17, 15) is 9.59 Å². The highest BCUT2D eigenvalue weighted by Gasteiger charge is 2.59. The van der Waals surface area contributed by atoms with Crippen LogP contribution in [-0.2, 0) is 12.1 Å². The Bertz CT molecular complexity index is 1210. The molecule has 1 aromatic heterocycles. The molecule has 3 aromatic rings. The van der Waals surface area contributed by atoms with Crippen molar-refractivity contribution < 1.29 is 9.59 Å². The Kier molecular flexibility index (Phi) is 5.75. The van der Waals surface area contributed by atoms with Crippen LogP contribution in [0.1, 0.15) is 37.5 Å². The topological polar surface area (TPSA) is 69.6 Å². The van der Waals surface area contributed by atoms with Crippen LogP contribution in [0.4, 0.5) is 5.95 Å². The number of carbonyl (C=O) groups excluding carboxylic acids is 2. The molecule has 0 saturated carbocycles. The Labute approximate surface area is 200 Å². The van der Waals surface area contributed by atoms with E-state index in [1.807, 2.05) is 31.1 Å². The summed E-state index contributed by atoms with van der Waals surface area (Å²) in [7, 11) is 3.70. The van der Waals surface area contributed by atoms with Gasteiger partial charge in [0.25, 0.3) is 0 Å². The summed E-state index contributed by atoms with van der Waals surface area (Å²) in [6.07, 6.45) is 1.64. The van der Waals surface area contributed by atoms with E-state index in [1.54, 1.807) is 29.3 Å². The molecule has 5 rings (SSSR count). The average Bonchev–Trinajstić information content (AvgIpc) is 3.09. The smallest absolute Gasteiger partial charge is 0.225 e. The largest absolute Gasteiger partial charge is 0.347 e. The Morgan fingerprint density at radius 2 is 1.50 bits per heavy atom. The van der Waals surface area contributed by atoms with Crippen LogP contribution in [-0.4, -0.2) is 71.6 Å². The van der Waals surface area contributed by atoms with Gasteiger partial charge in [-0.15, -0.1) is 0 Å². The molecule has 0 radical (unpaired) electrons. The minimum absolute atomic E-state index is 0.191. The lowest BCUT2D eigenvalue weighted by molar-refractivity contribution is 0.0266. The fraction of sp³-hybridized carbons (Fsp3) is 0.333. The first-order valence-electron chi connectivity index (χ1n) is 11.6. The average molecular weight is 456 g/mol. The van der Waals surface area contributed by atoms with E-state index in [0.29, 0.717) is 35.9 Å². The molecule has 0 N–H and O–H groups in total. The van der Waals surface area contributed by atoms with Crippen LogP contribution in [0.3, 0.4) is 0 Å². The van der Waals surface area contributed by atoms with Crippen molar-refractivity contribution in [3.8, 4) is 0 Å². The third kappa shape index (κ3) is 3.52. The van der Waals surface area contributed by atoms with Gasteiger partial charge in [-0.05, 0) is 24.1 Å². The van der Waals surface area contributed by atoms with Gasteiger partial charge in [0.05, 0.1) is 5.69 Å². The first-order valence-corrected chi connectivity index (χ1v) is 11.6. The van der Waals surface area contributed by atoms with Crippen molar-refractivity contribution in [2.75, 3.05) is 45.2 Å². The number of hydrogen-bond donors (Lipinski definition) is 0. The molecule has 0 amide bonds. The minimum Gasteiger partial charge on any atom is -0.347 e. The number of rotatable bonds is 5. The van der Waals surface area contributed by atoms with Gasteiger partial charge in [-0.3, -0.25) is 19.4 Å². The highest BCUT2D eigenvalue weighted by Crippen LogP contribution is 2.42. The molecule has 0 bridgehead atoms. The van der Waals surface area contributed by atoms with E-state index in [0.717, 1.165) is 19.6 Å². The number of aromatic nitrogens is 2. The molecule has 2 heterocycles. The molecule has 1 fully saturated rings. The maximum Gasteiger partial charge on any atom is 0.225 e. The monoisotopic (exact) mass is 455 g/mol. The van der Waals surface area contributed by atoms with Gasteiger partial charge in [0.2, 0.25) is 5.95 Å². The standard InChI is InChI=1S/C27H29N5O2/c1-19-8-4-5-9-20(19)18-31-14-16-32(17-15-31)27(23-12-13-28-26(29-23)30(2)3)24(33)21-10-6-7-11-22(21)25(27)34/h4-13H,14-18H2,1-3H3.